The number of aromatic nitrogens is 3. The first-order valence-electron chi connectivity index (χ1n) is 8.68. The lowest BCUT2D eigenvalue weighted by atomic mass is 10.1. The number of aryl methyl sites for hydroxylation is 2. The summed E-state index contributed by atoms with van der Waals surface area (Å²) in [4.78, 5) is 19.0. The maximum atomic E-state index is 12.6. The van der Waals surface area contributed by atoms with Crippen LogP contribution in [0, 0.1) is 25.2 Å². The van der Waals surface area contributed by atoms with Crippen molar-refractivity contribution in [2.75, 3.05) is 19.7 Å². The third-order valence-corrected chi connectivity index (χ3v) is 4.86. The zero-order valence-corrected chi connectivity index (χ0v) is 14.9. The van der Waals surface area contributed by atoms with Gasteiger partial charge in [-0.3, -0.25) is 4.79 Å². The number of fused-ring (bicyclic) bond motifs is 1. The number of amides is 1. The van der Waals surface area contributed by atoms with Gasteiger partial charge in [-0.2, -0.15) is 10.4 Å². The first kappa shape index (κ1) is 17.4. The molecule has 2 aromatic heterocycles. The average molecular weight is 341 g/mol. The maximum absolute atomic E-state index is 12.6. The molecule has 1 amide bonds. The van der Waals surface area contributed by atoms with Gasteiger partial charge in [0, 0.05) is 30.9 Å². The van der Waals surface area contributed by atoms with E-state index in [0.717, 1.165) is 23.4 Å². The second kappa shape index (κ2) is 7.19. The van der Waals surface area contributed by atoms with Crippen molar-refractivity contribution in [1.29, 1.82) is 5.26 Å². The molecule has 132 valence electrons. The van der Waals surface area contributed by atoms with E-state index in [-0.39, 0.29) is 12.0 Å². The predicted octanol–water partition coefficient (Wildman–Crippen LogP) is 1.79. The van der Waals surface area contributed by atoms with E-state index in [2.05, 4.69) is 23.1 Å². The van der Waals surface area contributed by atoms with Crippen LogP contribution in [0.5, 0.6) is 0 Å². The van der Waals surface area contributed by atoms with Crippen LogP contribution < -0.4 is 0 Å². The molecule has 1 aliphatic rings. The van der Waals surface area contributed by atoms with Crippen LogP contribution in [0.4, 0.5) is 0 Å². The summed E-state index contributed by atoms with van der Waals surface area (Å²) in [6.45, 7) is 7.90. The molecule has 0 unspecified atom stereocenters. The molecule has 25 heavy (non-hydrogen) atoms. The molecule has 0 aromatic carbocycles. The summed E-state index contributed by atoms with van der Waals surface area (Å²) in [6, 6.07) is 2.11. The molecular formula is C18H23N5O2. The number of nitriles is 1. The Morgan fingerprint density at radius 1 is 1.48 bits per heavy atom. The largest absolute Gasteiger partial charge is 0.375 e. The molecule has 7 nitrogen and oxygen atoms in total. The van der Waals surface area contributed by atoms with Crippen LogP contribution in [0.25, 0.3) is 5.65 Å². The van der Waals surface area contributed by atoms with Crippen molar-refractivity contribution in [2.24, 2.45) is 0 Å². The van der Waals surface area contributed by atoms with Gasteiger partial charge in [0.15, 0.2) is 5.65 Å². The highest BCUT2D eigenvalue weighted by Gasteiger charge is 2.23. The number of ether oxygens (including phenoxy) is 1. The highest BCUT2D eigenvalue weighted by atomic mass is 16.5. The lowest BCUT2D eigenvalue weighted by Crippen LogP contribution is -2.45. The minimum atomic E-state index is 0.146. The van der Waals surface area contributed by atoms with Crippen LogP contribution in [-0.4, -0.2) is 51.2 Å². The van der Waals surface area contributed by atoms with Crippen molar-refractivity contribution in [3.63, 3.8) is 0 Å². The van der Waals surface area contributed by atoms with Crippen LogP contribution in [-0.2, 0) is 16.0 Å². The zero-order valence-electron chi connectivity index (χ0n) is 14.9. The summed E-state index contributed by atoms with van der Waals surface area (Å²) < 4.78 is 7.32. The topological polar surface area (TPSA) is 83.5 Å². The molecule has 1 fully saturated rings. The molecule has 0 aliphatic carbocycles. The molecule has 2 aromatic rings. The highest BCUT2D eigenvalue weighted by Crippen LogP contribution is 2.19. The minimum Gasteiger partial charge on any atom is -0.375 e. The lowest BCUT2D eigenvalue weighted by Gasteiger charge is -2.32. The van der Waals surface area contributed by atoms with Gasteiger partial charge in [0.2, 0.25) is 5.91 Å². The normalized spacial score (nSPS) is 17.7. The van der Waals surface area contributed by atoms with Crippen LogP contribution in [0.3, 0.4) is 0 Å². The van der Waals surface area contributed by atoms with E-state index >= 15 is 0 Å². The SMILES string of the molecule is CC[C@H]1CN(C(=O)CCc2c(C)nc3c(C#N)cnn3c2C)CCO1. The van der Waals surface area contributed by atoms with Crippen LogP contribution in [0.1, 0.15) is 42.3 Å². The number of rotatable bonds is 4. The average Bonchev–Trinajstić information content (AvgIpc) is 3.04. The summed E-state index contributed by atoms with van der Waals surface area (Å²) in [7, 11) is 0. The molecular weight excluding hydrogens is 318 g/mol. The van der Waals surface area contributed by atoms with Crippen LogP contribution in [0.2, 0.25) is 0 Å². The maximum Gasteiger partial charge on any atom is 0.223 e. The van der Waals surface area contributed by atoms with Crippen molar-refractivity contribution in [3.8, 4) is 6.07 Å². The van der Waals surface area contributed by atoms with E-state index in [0.29, 0.717) is 43.7 Å². The van der Waals surface area contributed by atoms with Crippen LogP contribution >= 0.6 is 0 Å². The highest BCUT2D eigenvalue weighted by molar-refractivity contribution is 5.76. The van der Waals surface area contributed by atoms with E-state index in [4.69, 9.17) is 10.00 Å². The van der Waals surface area contributed by atoms with Gasteiger partial charge in [-0.25, -0.2) is 9.50 Å². The fourth-order valence-electron chi connectivity index (χ4n) is 3.33. The summed E-state index contributed by atoms with van der Waals surface area (Å²) in [6.07, 6.45) is 3.66. The van der Waals surface area contributed by atoms with Crippen molar-refractivity contribution in [1.82, 2.24) is 19.5 Å². The van der Waals surface area contributed by atoms with Gasteiger partial charge in [-0.05, 0) is 32.3 Å². The van der Waals surface area contributed by atoms with Gasteiger partial charge in [0.25, 0.3) is 0 Å². The Labute approximate surface area is 147 Å². The summed E-state index contributed by atoms with van der Waals surface area (Å²) in [5, 5.41) is 13.4. The van der Waals surface area contributed by atoms with E-state index in [1.807, 2.05) is 18.7 Å². The molecule has 3 heterocycles. The molecule has 7 heteroatoms. The Balaban J connectivity index is 1.75. The Hall–Kier alpha value is -2.46. The Morgan fingerprint density at radius 3 is 3.00 bits per heavy atom. The quantitative estimate of drug-likeness (QED) is 0.846. The summed E-state index contributed by atoms with van der Waals surface area (Å²) in [5.74, 6) is 0.152. The van der Waals surface area contributed by atoms with Gasteiger partial charge >= 0.3 is 0 Å². The van der Waals surface area contributed by atoms with Crippen molar-refractivity contribution < 1.29 is 9.53 Å². The third kappa shape index (κ3) is 3.35. The second-order valence-corrected chi connectivity index (χ2v) is 6.41. The van der Waals surface area contributed by atoms with Gasteiger partial charge in [0.05, 0.1) is 18.9 Å². The monoisotopic (exact) mass is 341 g/mol. The first-order chi connectivity index (χ1) is 12.0. The van der Waals surface area contributed by atoms with E-state index < -0.39 is 0 Å². The number of carbonyl (C=O) groups excluding carboxylic acids is 1. The second-order valence-electron chi connectivity index (χ2n) is 6.41. The minimum absolute atomic E-state index is 0.146. The smallest absolute Gasteiger partial charge is 0.223 e. The molecule has 3 rings (SSSR count). The molecule has 1 saturated heterocycles. The number of nitrogens with zero attached hydrogens (tertiary/aromatic N) is 5. The molecule has 0 bridgehead atoms. The van der Waals surface area contributed by atoms with Crippen molar-refractivity contribution in [3.05, 3.63) is 28.7 Å². The van der Waals surface area contributed by atoms with Crippen molar-refractivity contribution in [2.45, 2.75) is 46.1 Å². The molecule has 1 atom stereocenters. The van der Waals surface area contributed by atoms with E-state index in [1.54, 1.807) is 4.52 Å². The zero-order chi connectivity index (χ0) is 18.0. The van der Waals surface area contributed by atoms with Gasteiger partial charge < -0.3 is 9.64 Å². The van der Waals surface area contributed by atoms with E-state index in [1.165, 1.54) is 6.20 Å². The molecule has 0 saturated carbocycles. The van der Waals surface area contributed by atoms with Gasteiger partial charge in [-0.15, -0.1) is 0 Å². The predicted molar refractivity (Wildman–Crippen MR) is 92.1 cm³/mol. The Kier molecular flexibility index (Phi) is 5.00. The fourth-order valence-corrected chi connectivity index (χ4v) is 3.33. The van der Waals surface area contributed by atoms with Crippen LogP contribution in [0.15, 0.2) is 6.20 Å². The molecule has 0 spiro atoms. The number of carbonyl (C=O) groups is 1. The van der Waals surface area contributed by atoms with Gasteiger partial charge in [0.1, 0.15) is 11.6 Å². The third-order valence-electron chi connectivity index (χ3n) is 4.86. The van der Waals surface area contributed by atoms with Crippen molar-refractivity contribution >= 4 is 11.6 Å². The first-order valence-corrected chi connectivity index (χ1v) is 8.68. The number of hydrogen-bond acceptors (Lipinski definition) is 5. The molecule has 0 N–H and O–H groups in total. The fraction of sp³-hybridized carbons (Fsp3) is 0.556. The Morgan fingerprint density at radius 2 is 2.28 bits per heavy atom. The summed E-state index contributed by atoms with van der Waals surface area (Å²) >= 11 is 0. The van der Waals surface area contributed by atoms with E-state index in [9.17, 15) is 4.79 Å². The number of morpholine rings is 1. The summed E-state index contributed by atoms with van der Waals surface area (Å²) in [5.41, 5.74) is 3.85. The Bertz CT molecular complexity index is 836. The number of hydrogen-bond donors (Lipinski definition) is 0. The standard InChI is InChI=1S/C18H23N5O2/c1-4-15-11-22(7-8-25-15)17(24)6-5-16-12(2)21-18-14(9-19)10-20-23(18)13(16)3/h10,15H,4-8,11H2,1-3H3/t15-/m0/s1. The lowest BCUT2D eigenvalue weighted by molar-refractivity contribution is -0.138. The van der Waals surface area contributed by atoms with Gasteiger partial charge in [-0.1, -0.05) is 6.92 Å². The molecule has 1 aliphatic heterocycles. The molecule has 0 radical (unpaired) electrons.